The number of hydrogen-bond acceptors (Lipinski definition) is 4. The summed E-state index contributed by atoms with van der Waals surface area (Å²) < 4.78 is 10.2. The molecule has 1 unspecified atom stereocenters. The van der Waals surface area contributed by atoms with Gasteiger partial charge in [0, 0.05) is 5.56 Å². The number of ether oxygens (including phenoxy) is 2. The molecule has 0 fully saturated rings. The maximum Gasteiger partial charge on any atom is 0.351 e. The Morgan fingerprint density at radius 1 is 1.21 bits per heavy atom. The van der Waals surface area contributed by atoms with Gasteiger partial charge in [-0.1, -0.05) is 67.0 Å². The zero-order valence-corrected chi connectivity index (χ0v) is 18.4. The van der Waals surface area contributed by atoms with Gasteiger partial charge in [-0.05, 0) is 51.4 Å². The number of allylic oxidation sites excluding steroid dienone is 3. The minimum Gasteiger partial charge on any atom is -0.466 e. The smallest absolute Gasteiger partial charge is 0.351 e. The third kappa shape index (κ3) is 6.59. The first-order valence-corrected chi connectivity index (χ1v) is 10.4. The molecule has 0 saturated carbocycles. The molecule has 1 aliphatic rings. The second-order valence-electron chi connectivity index (χ2n) is 8.55. The number of carbonyl (C=O) groups is 2. The van der Waals surface area contributed by atoms with Gasteiger partial charge in [0.1, 0.15) is 0 Å². The summed E-state index contributed by atoms with van der Waals surface area (Å²) >= 11 is 0. The van der Waals surface area contributed by atoms with Crippen LogP contribution in [0.4, 0.5) is 0 Å². The topological polar surface area (TPSA) is 52.6 Å². The Morgan fingerprint density at radius 2 is 1.90 bits per heavy atom. The van der Waals surface area contributed by atoms with Crippen molar-refractivity contribution in [2.75, 3.05) is 7.11 Å². The largest absolute Gasteiger partial charge is 0.466 e. The first-order chi connectivity index (χ1) is 13.7. The molecule has 0 amide bonds. The van der Waals surface area contributed by atoms with Crippen LogP contribution in [0.5, 0.6) is 0 Å². The van der Waals surface area contributed by atoms with Gasteiger partial charge in [0.25, 0.3) is 0 Å². The Labute approximate surface area is 175 Å². The maximum atomic E-state index is 12.3. The van der Waals surface area contributed by atoms with Crippen LogP contribution in [0, 0.1) is 5.41 Å². The van der Waals surface area contributed by atoms with Gasteiger partial charge in [0.05, 0.1) is 13.5 Å². The molecule has 4 heteroatoms. The highest BCUT2D eigenvalue weighted by molar-refractivity contribution is 5.81. The summed E-state index contributed by atoms with van der Waals surface area (Å²) in [5, 5.41) is 0. The van der Waals surface area contributed by atoms with E-state index in [9.17, 15) is 9.59 Å². The molecular formula is C25H34O4. The van der Waals surface area contributed by atoms with E-state index in [1.165, 1.54) is 31.9 Å². The van der Waals surface area contributed by atoms with Crippen molar-refractivity contribution in [3.8, 4) is 0 Å². The minimum atomic E-state index is -1.03. The molecule has 0 N–H and O–H groups in total. The van der Waals surface area contributed by atoms with Crippen molar-refractivity contribution >= 4 is 11.9 Å². The predicted molar refractivity (Wildman–Crippen MR) is 115 cm³/mol. The van der Waals surface area contributed by atoms with E-state index in [1.54, 1.807) is 29.8 Å². The molecule has 0 heterocycles. The van der Waals surface area contributed by atoms with Crippen LogP contribution in [0.25, 0.3) is 0 Å². The molecule has 0 spiro atoms. The van der Waals surface area contributed by atoms with Crippen molar-refractivity contribution in [1.29, 1.82) is 0 Å². The van der Waals surface area contributed by atoms with E-state index < -0.39 is 18.0 Å². The molecule has 2 rings (SSSR count). The fraction of sp³-hybridized carbons (Fsp3) is 0.520. The molecule has 0 radical (unpaired) electrons. The summed E-state index contributed by atoms with van der Waals surface area (Å²) in [6.07, 6.45) is 6.70. The second-order valence-corrected chi connectivity index (χ2v) is 8.55. The van der Waals surface area contributed by atoms with Crippen LogP contribution in [0.15, 0.2) is 53.1 Å². The fourth-order valence-electron chi connectivity index (χ4n) is 4.08. The molecule has 29 heavy (non-hydrogen) atoms. The highest BCUT2D eigenvalue weighted by Crippen LogP contribution is 2.42. The van der Waals surface area contributed by atoms with E-state index >= 15 is 0 Å². The third-order valence-electron chi connectivity index (χ3n) is 5.84. The van der Waals surface area contributed by atoms with Crippen LogP contribution >= 0.6 is 0 Å². The quantitative estimate of drug-likeness (QED) is 0.393. The summed E-state index contributed by atoms with van der Waals surface area (Å²) in [5.41, 5.74) is 5.13. The molecule has 4 nitrogen and oxygen atoms in total. The van der Waals surface area contributed by atoms with Crippen molar-refractivity contribution < 1.29 is 19.1 Å². The van der Waals surface area contributed by atoms with Crippen LogP contribution in [0.1, 0.15) is 77.9 Å². The van der Waals surface area contributed by atoms with Crippen molar-refractivity contribution in [2.45, 2.75) is 72.3 Å². The number of methoxy groups -OCH3 is 1. The lowest BCUT2D eigenvalue weighted by atomic mass is 9.71. The van der Waals surface area contributed by atoms with Gasteiger partial charge in [-0.2, -0.15) is 0 Å². The monoisotopic (exact) mass is 398 g/mol. The summed E-state index contributed by atoms with van der Waals surface area (Å²) in [6.45, 7) is 8.97. The number of esters is 2. The summed E-state index contributed by atoms with van der Waals surface area (Å²) in [4.78, 5) is 24.4. The van der Waals surface area contributed by atoms with Crippen LogP contribution in [0.3, 0.4) is 0 Å². The molecule has 1 aromatic rings. The fourth-order valence-corrected chi connectivity index (χ4v) is 4.08. The molecule has 1 aromatic carbocycles. The Hall–Kier alpha value is -2.36. The van der Waals surface area contributed by atoms with E-state index in [0.717, 1.165) is 18.4 Å². The van der Waals surface area contributed by atoms with Gasteiger partial charge >= 0.3 is 11.9 Å². The number of benzene rings is 1. The molecule has 0 saturated heterocycles. The van der Waals surface area contributed by atoms with Gasteiger partial charge in [-0.25, -0.2) is 4.79 Å². The molecular weight excluding hydrogens is 364 g/mol. The van der Waals surface area contributed by atoms with Crippen LogP contribution in [-0.4, -0.2) is 19.0 Å². The third-order valence-corrected chi connectivity index (χ3v) is 5.84. The van der Waals surface area contributed by atoms with Gasteiger partial charge in [-0.3, -0.25) is 4.79 Å². The molecule has 0 aliphatic heterocycles. The van der Waals surface area contributed by atoms with Crippen molar-refractivity contribution in [3.63, 3.8) is 0 Å². The van der Waals surface area contributed by atoms with Crippen molar-refractivity contribution in [3.05, 3.63) is 58.7 Å². The molecule has 158 valence electrons. The maximum absolute atomic E-state index is 12.3. The SMILES string of the molecule is COC(=O)C(OC(=O)C/C=C(\C)CCC1=C(C)CCCC1(C)C)c1ccccc1. The van der Waals surface area contributed by atoms with Crippen molar-refractivity contribution in [1.82, 2.24) is 0 Å². The predicted octanol–water partition coefficient (Wildman–Crippen LogP) is 6.09. The summed E-state index contributed by atoms with van der Waals surface area (Å²) in [7, 11) is 1.29. The zero-order valence-electron chi connectivity index (χ0n) is 18.4. The van der Waals surface area contributed by atoms with E-state index in [4.69, 9.17) is 9.47 Å². The van der Waals surface area contributed by atoms with Gasteiger partial charge in [-0.15, -0.1) is 0 Å². The first-order valence-electron chi connectivity index (χ1n) is 10.4. The number of rotatable bonds is 8. The molecule has 0 bridgehead atoms. The van der Waals surface area contributed by atoms with E-state index in [-0.39, 0.29) is 11.8 Å². The van der Waals surface area contributed by atoms with Crippen LogP contribution in [-0.2, 0) is 19.1 Å². The lowest BCUT2D eigenvalue weighted by molar-refractivity contribution is -0.166. The highest BCUT2D eigenvalue weighted by Gasteiger charge is 2.28. The second kappa shape index (κ2) is 10.4. The van der Waals surface area contributed by atoms with E-state index in [1.807, 2.05) is 19.1 Å². The lowest BCUT2D eigenvalue weighted by Gasteiger charge is -2.34. The Morgan fingerprint density at radius 3 is 2.52 bits per heavy atom. The zero-order chi connectivity index (χ0) is 21.4. The van der Waals surface area contributed by atoms with E-state index in [0.29, 0.717) is 5.56 Å². The Balaban J connectivity index is 1.94. The van der Waals surface area contributed by atoms with Crippen molar-refractivity contribution in [2.24, 2.45) is 5.41 Å². The summed E-state index contributed by atoms with van der Waals surface area (Å²) in [5.74, 6) is -1.01. The van der Waals surface area contributed by atoms with Gasteiger partial charge < -0.3 is 9.47 Å². The standard InChI is InChI=1S/C25H34O4/c1-18(13-15-21-19(2)10-9-17-25(21,3)4)14-16-22(26)29-23(24(27)28-5)20-11-7-6-8-12-20/h6-8,11-12,14,23H,9-10,13,15-17H2,1-5H3/b18-14+. The number of hydrogen-bond donors (Lipinski definition) is 0. The molecule has 0 aromatic heterocycles. The Kier molecular flexibility index (Phi) is 8.24. The lowest BCUT2D eigenvalue weighted by Crippen LogP contribution is -2.21. The minimum absolute atomic E-state index is 0.146. The molecule has 1 aliphatic carbocycles. The van der Waals surface area contributed by atoms with E-state index in [2.05, 4.69) is 20.8 Å². The molecule has 1 atom stereocenters. The highest BCUT2D eigenvalue weighted by atomic mass is 16.6. The Bertz CT molecular complexity index is 771. The van der Waals surface area contributed by atoms with Crippen LogP contribution in [0.2, 0.25) is 0 Å². The normalized spacial score (nSPS) is 17.6. The van der Waals surface area contributed by atoms with Gasteiger partial charge in [0.15, 0.2) is 0 Å². The van der Waals surface area contributed by atoms with Gasteiger partial charge in [0.2, 0.25) is 6.10 Å². The first kappa shape index (κ1) is 22.9. The summed E-state index contributed by atoms with van der Waals surface area (Å²) in [6, 6.07) is 8.94. The average molecular weight is 399 g/mol. The average Bonchev–Trinajstić information content (AvgIpc) is 2.69. The number of carbonyl (C=O) groups excluding carboxylic acids is 2. The van der Waals surface area contributed by atoms with Crippen LogP contribution < -0.4 is 0 Å².